The van der Waals surface area contributed by atoms with Crippen LogP contribution in [0.15, 0.2) is 72.8 Å². The molecule has 1 atom stereocenters. The Morgan fingerprint density at radius 2 is 1.77 bits per heavy atom. The van der Waals surface area contributed by atoms with Gasteiger partial charge in [-0.3, -0.25) is 19.5 Å². The number of nitrogens with zero attached hydrogens (tertiary/aromatic N) is 1. The topological polar surface area (TPSA) is 120 Å². The molecule has 4 rings (SSSR count). The third-order valence-corrected chi connectivity index (χ3v) is 6.79. The summed E-state index contributed by atoms with van der Waals surface area (Å²) >= 11 is -2.24. The molecule has 7 nitrogen and oxygen atoms in total. The molecule has 1 unspecified atom stereocenters. The van der Waals surface area contributed by atoms with Crippen LogP contribution in [0.1, 0.15) is 42.4 Å². The van der Waals surface area contributed by atoms with Crippen LogP contribution in [-0.2, 0) is 29.0 Å². The zero-order valence-electron chi connectivity index (χ0n) is 19.4. The third-order valence-electron chi connectivity index (χ3n) is 6.40. The molecule has 182 valence electrons. The highest BCUT2D eigenvalue weighted by Crippen LogP contribution is 2.31. The number of hydrogen-bond acceptors (Lipinski definition) is 3. The second-order valence-corrected chi connectivity index (χ2v) is 9.55. The smallest absolute Gasteiger partial charge is 0.259 e. The van der Waals surface area contributed by atoms with Crippen molar-refractivity contribution in [3.8, 4) is 11.1 Å². The molecule has 0 aromatic heterocycles. The predicted molar refractivity (Wildman–Crippen MR) is 140 cm³/mol. The summed E-state index contributed by atoms with van der Waals surface area (Å²) in [5, 5.41) is 7.71. The normalized spacial score (nSPS) is 14.4. The Balaban J connectivity index is 1.59. The fraction of sp³-hybridized carbons (Fsp3) is 0.259. The maximum absolute atomic E-state index is 13.5. The van der Waals surface area contributed by atoms with Crippen molar-refractivity contribution in [3.05, 3.63) is 89.5 Å². The number of nitrogens with one attached hydrogen (secondary N) is 2. The lowest BCUT2D eigenvalue weighted by Gasteiger charge is -2.29. The molecule has 0 aliphatic heterocycles. The van der Waals surface area contributed by atoms with Gasteiger partial charge in [0.25, 0.3) is 11.3 Å². The molecule has 3 aromatic carbocycles. The lowest BCUT2D eigenvalue weighted by atomic mass is 10.00. The Bertz CT molecular complexity index is 1230. The van der Waals surface area contributed by atoms with E-state index >= 15 is 0 Å². The summed E-state index contributed by atoms with van der Waals surface area (Å²) in [5.74, 6) is 0.0130. The van der Waals surface area contributed by atoms with Crippen molar-refractivity contribution in [3.63, 3.8) is 0 Å². The summed E-state index contributed by atoms with van der Waals surface area (Å²) in [7, 11) is 0. The van der Waals surface area contributed by atoms with Crippen LogP contribution in [-0.4, -0.2) is 31.4 Å². The molecule has 1 aliphatic carbocycles. The third kappa shape index (κ3) is 6.35. The molecule has 5 N–H and O–H groups in total. The van der Waals surface area contributed by atoms with E-state index in [1.807, 2.05) is 65.6 Å². The van der Waals surface area contributed by atoms with Gasteiger partial charge in [0.2, 0.25) is 5.91 Å². The second-order valence-electron chi connectivity index (χ2n) is 8.85. The van der Waals surface area contributed by atoms with Gasteiger partial charge in [-0.1, -0.05) is 73.5 Å². The molecular formula is C27H30N4O3S. The van der Waals surface area contributed by atoms with Crippen LogP contribution in [0.5, 0.6) is 0 Å². The number of hydrogen-bond donors (Lipinski definition) is 4. The Morgan fingerprint density at radius 1 is 1.03 bits per heavy atom. The minimum atomic E-state index is -2.24. The summed E-state index contributed by atoms with van der Waals surface area (Å²) < 4.78 is 23.6. The highest BCUT2D eigenvalue weighted by Gasteiger charge is 2.27. The van der Waals surface area contributed by atoms with Gasteiger partial charge in [-0.2, -0.15) is 0 Å². The Hall–Kier alpha value is -3.49. The minimum absolute atomic E-state index is 0.00500. The van der Waals surface area contributed by atoms with Crippen LogP contribution < -0.4 is 10.5 Å². The lowest BCUT2D eigenvalue weighted by molar-refractivity contribution is -0.133. The molecule has 0 spiro atoms. The van der Waals surface area contributed by atoms with Crippen LogP contribution in [0.25, 0.3) is 11.1 Å². The molecule has 35 heavy (non-hydrogen) atoms. The van der Waals surface area contributed by atoms with Gasteiger partial charge in [-0.15, -0.1) is 0 Å². The van der Waals surface area contributed by atoms with Crippen molar-refractivity contribution in [1.82, 2.24) is 4.90 Å². The summed E-state index contributed by atoms with van der Waals surface area (Å²) in [6.45, 7) is 0.457. The van der Waals surface area contributed by atoms with Gasteiger partial charge in [-0.05, 0) is 41.7 Å². The number of nitrogens with two attached hydrogens (primary N) is 1. The summed E-state index contributed by atoms with van der Waals surface area (Å²) in [6, 6.07) is 22.8. The van der Waals surface area contributed by atoms with Gasteiger partial charge in [0.1, 0.15) is 5.84 Å². The largest absolute Gasteiger partial charge is 0.384 e. The van der Waals surface area contributed by atoms with Crippen LogP contribution >= 0.6 is 0 Å². The highest BCUT2D eigenvalue weighted by molar-refractivity contribution is 7.80. The molecular weight excluding hydrogens is 460 g/mol. The standard InChI is InChI=1S/C27H30N4O3S/c28-27(29)22-10-6-7-20(15-22)18-31(23-11-4-5-12-23)26(32)17-19-13-14-24(21-8-2-1-3-9-21)25(16-19)30-35(33)34/h1-3,6-10,13-16,23,30H,4-5,11-12,17-18H2,(H3,28,29)(H,33,34). The first-order chi connectivity index (χ1) is 16.9. The molecule has 1 saturated carbocycles. The van der Waals surface area contributed by atoms with Crippen molar-refractivity contribution in [1.29, 1.82) is 5.41 Å². The fourth-order valence-electron chi connectivity index (χ4n) is 4.70. The number of nitrogen functional groups attached to an aromatic ring is 1. The van der Waals surface area contributed by atoms with Gasteiger partial charge >= 0.3 is 0 Å². The SMILES string of the molecule is N=C(N)c1cccc(CN(C(=O)Cc2ccc(-c3ccccc3)c(NS(=O)O)c2)C2CCCC2)c1. The maximum atomic E-state index is 13.5. The number of rotatable bonds is 9. The number of carbonyl (C=O) groups excluding carboxylic acids is 1. The monoisotopic (exact) mass is 490 g/mol. The van der Waals surface area contributed by atoms with Crippen molar-refractivity contribution < 1.29 is 13.6 Å². The molecule has 8 heteroatoms. The van der Waals surface area contributed by atoms with E-state index in [4.69, 9.17) is 11.1 Å². The van der Waals surface area contributed by atoms with Gasteiger partial charge < -0.3 is 10.6 Å². The van der Waals surface area contributed by atoms with Crippen LogP contribution in [0, 0.1) is 5.41 Å². The lowest BCUT2D eigenvalue weighted by Crippen LogP contribution is -2.39. The number of amidine groups is 1. The quantitative estimate of drug-likeness (QED) is 0.197. The van der Waals surface area contributed by atoms with E-state index in [1.54, 1.807) is 12.1 Å². The van der Waals surface area contributed by atoms with Crippen molar-refractivity contribution in [2.75, 3.05) is 4.72 Å². The van der Waals surface area contributed by atoms with E-state index < -0.39 is 11.3 Å². The summed E-state index contributed by atoms with van der Waals surface area (Å²) in [6.07, 6.45) is 4.33. The minimum Gasteiger partial charge on any atom is -0.384 e. The average Bonchev–Trinajstić information content (AvgIpc) is 3.37. The molecule has 0 heterocycles. The Labute approximate surface area is 208 Å². The van der Waals surface area contributed by atoms with Crippen molar-refractivity contribution in [2.45, 2.75) is 44.7 Å². The first kappa shape index (κ1) is 24.6. The highest BCUT2D eigenvalue weighted by atomic mass is 32.2. The molecule has 1 aliphatic rings. The van der Waals surface area contributed by atoms with Gasteiger partial charge in [-0.25, -0.2) is 4.21 Å². The zero-order valence-corrected chi connectivity index (χ0v) is 20.3. The molecule has 0 radical (unpaired) electrons. The van der Waals surface area contributed by atoms with E-state index in [2.05, 4.69) is 4.72 Å². The van der Waals surface area contributed by atoms with E-state index in [0.29, 0.717) is 17.8 Å². The predicted octanol–water partition coefficient (Wildman–Crippen LogP) is 4.70. The van der Waals surface area contributed by atoms with E-state index in [1.165, 1.54) is 0 Å². The molecule has 0 saturated heterocycles. The number of carbonyl (C=O) groups is 1. The number of anilines is 1. The van der Waals surface area contributed by atoms with Crippen molar-refractivity contribution >= 4 is 28.7 Å². The van der Waals surface area contributed by atoms with E-state index in [0.717, 1.165) is 47.9 Å². The van der Waals surface area contributed by atoms with E-state index in [9.17, 15) is 13.6 Å². The fourth-order valence-corrected chi connectivity index (χ4v) is 5.05. The summed E-state index contributed by atoms with van der Waals surface area (Å²) in [4.78, 5) is 15.5. The molecule has 1 fully saturated rings. The van der Waals surface area contributed by atoms with Crippen molar-refractivity contribution in [2.24, 2.45) is 5.73 Å². The first-order valence-electron chi connectivity index (χ1n) is 11.7. The average molecular weight is 491 g/mol. The first-order valence-corrected chi connectivity index (χ1v) is 12.8. The van der Waals surface area contributed by atoms with Gasteiger partial charge in [0.05, 0.1) is 12.1 Å². The molecule has 3 aromatic rings. The van der Waals surface area contributed by atoms with Crippen LogP contribution in [0.2, 0.25) is 0 Å². The van der Waals surface area contributed by atoms with Gasteiger partial charge in [0, 0.05) is 23.7 Å². The zero-order chi connectivity index (χ0) is 24.8. The Morgan fingerprint density at radius 3 is 2.46 bits per heavy atom. The van der Waals surface area contributed by atoms with Crippen LogP contribution in [0.4, 0.5) is 5.69 Å². The second kappa shape index (κ2) is 11.3. The van der Waals surface area contributed by atoms with Gasteiger partial charge in [0.15, 0.2) is 0 Å². The van der Waals surface area contributed by atoms with E-state index in [-0.39, 0.29) is 24.2 Å². The number of benzene rings is 3. The Kier molecular flexibility index (Phi) is 7.94. The maximum Gasteiger partial charge on any atom is 0.259 e. The molecule has 1 amide bonds. The number of amides is 1. The molecule has 0 bridgehead atoms. The van der Waals surface area contributed by atoms with Crippen LogP contribution in [0.3, 0.4) is 0 Å². The summed E-state index contributed by atoms with van der Waals surface area (Å²) in [5.41, 5.74) is 10.2.